The molecule has 0 radical (unpaired) electrons. The smallest absolute Gasteiger partial charge is 0.341 e. The summed E-state index contributed by atoms with van der Waals surface area (Å²) in [5.74, 6) is 0.664. The van der Waals surface area contributed by atoms with Crippen molar-refractivity contribution in [1.82, 2.24) is 14.8 Å². The minimum Gasteiger partial charge on any atom is -0.483 e. The molecule has 0 aliphatic carbocycles. The average molecular weight is 549 g/mol. The Morgan fingerprint density at radius 1 is 1.31 bits per heavy atom. The molecule has 3 aromatic rings. The molecule has 1 atom stereocenters. The summed E-state index contributed by atoms with van der Waals surface area (Å²) in [5, 5.41) is 13.1. The molecule has 8 nitrogen and oxygen atoms in total. The number of nitrogens with one attached hydrogen (secondary N) is 1. The summed E-state index contributed by atoms with van der Waals surface area (Å²) in [6, 6.07) is 7.23. The second-order valence-electron chi connectivity index (χ2n) is 7.78. The molecule has 1 N–H and O–H groups in total. The Hall–Kier alpha value is -2.82. The predicted molar refractivity (Wildman–Crippen MR) is 144 cm³/mol. The third kappa shape index (κ3) is 6.89. The van der Waals surface area contributed by atoms with E-state index in [1.807, 2.05) is 31.4 Å². The molecule has 0 spiro atoms. The number of hydrogen-bond acceptors (Lipinski definition) is 8. The van der Waals surface area contributed by atoms with Crippen molar-refractivity contribution >= 4 is 51.6 Å². The van der Waals surface area contributed by atoms with Gasteiger partial charge >= 0.3 is 5.97 Å². The fourth-order valence-corrected chi connectivity index (χ4v) is 5.19. The third-order valence-electron chi connectivity index (χ3n) is 5.08. The maximum Gasteiger partial charge on any atom is 0.341 e. The van der Waals surface area contributed by atoms with Crippen LogP contribution in [0.15, 0.2) is 42.1 Å². The number of halogens is 1. The van der Waals surface area contributed by atoms with Gasteiger partial charge in [0.15, 0.2) is 17.1 Å². The highest BCUT2D eigenvalue weighted by atomic mass is 35.5. The average Bonchev–Trinajstić information content (AvgIpc) is 3.44. The molecule has 0 aliphatic heterocycles. The van der Waals surface area contributed by atoms with Crippen molar-refractivity contribution in [1.29, 1.82) is 0 Å². The number of rotatable bonds is 12. The Bertz CT molecular complexity index is 1240. The highest BCUT2D eigenvalue weighted by Gasteiger charge is 2.22. The number of thioether (sulfide) groups is 1. The van der Waals surface area contributed by atoms with Crippen LogP contribution in [0, 0.1) is 6.92 Å². The lowest BCUT2D eigenvalue weighted by atomic mass is 10.2. The fraction of sp³-hybridized carbons (Fsp3) is 0.360. The Kier molecular flexibility index (Phi) is 9.98. The van der Waals surface area contributed by atoms with Gasteiger partial charge < -0.3 is 14.8 Å². The Labute approximate surface area is 224 Å². The third-order valence-corrected chi connectivity index (χ3v) is 7.66. The molecular weight excluding hydrogens is 520 g/mol. The van der Waals surface area contributed by atoms with Crippen molar-refractivity contribution in [2.75, 3.05) is 17.7 Å². The number of allylic oxidation sites excluding steroid dienone is 1. The van der Waals surface area contributed by atoms with Crippen LogP contribution in [0.5, 0.6) is 5.75 Å². The summed E-state index contributed by atoms with van der Waals surface area (Å²) >= 11 is 8.73. The summed E-state index contributed by atoms with van der Waals surface area (Å²) in [4.78, 5) is 26.0. The zero-order valence-electron chi connectivity index (χ0n) is 20.7. The first-order valence-corrected chi connectivity index (χ1v) is 13.6. The largest absolute Gasteiger partial charge is 0.483 e. The van der Waals surface area contributed by atoms with E-state index in [1.54, 1.807) is 31.2 Å². The lowest BCUT2D eigenvalue weighted by Crippen LogP contribution is -2.17. The number of hydrogen-bond donors (Lipinski definition) is 1. The molecule has 11 heteroatoms. The molecule has 1 amide bonds. The topological polar surface area (TPSA) is 95.3 Å². The first kappa shape index (κ1) is 27.8. The summed E-state index contributed by atoms with van der Waals surface area (Å²) in [6.07, 6.45) is 2.09. The minimum atomic E-state index is -0.448. The molecule has 3 rings (SSSR count). The predicted octanol–water partition coefficient (Wildman–Crippen LogP) is 6.10. The minimum absolute atomic E-state index is 0.0858. The van der Waals surface area contributed by atoms with E-state index in [0.717, 1.165) is 16.9 Å². The van der Waals surface area contributed by atoms with Crippen molar-refractivity contribution in [3.8, 4) is 5.75 Å². The zero-order chi connectivity index (χ0) is 26.2. The van der Waals surface area contributed by atoms with Crippen molar-refractivity contribution < 1.29 is 19.1 Å². The maximum atomic E-state index is 12.7. The van der Waals surface area contributed by atoms with Crippen molar-refractivity contribution in [2.24, 2.45) is 0 Å². The first-order chi connectivity index (χ1) is 17.3. The van der Waals surface area contributed by atoms with Gasteiger partial charge in [0.25, 0.3) is 0 Å². The first-order valence-electron chi connectivity index (χ1n) is 11.5. The lowest BCUT2D eigenvalue weighted by molar-refractivity contribution is -0.113. The number of nitrogens with zero attached hydrogens (tertiary/aromatic N) is 3. The zero-order valence-corrected chi connectivity index (χ0v) is 23.1. The molecule has 2 heterocycles. The number of carbonyl (C=O) groups excluding carboxylic acids is 2. The van der Waals surface area contributed by atoms with Crippen LogP contribution in [0.1, 0.15) is 53.5 Å². The van der Waals surface area contributed by atoms with E-state index < -0.39 is 12.1 Å². The SMILES string of the molecule is C=CCn1c(SCC(=O)Nc2sc(CC)cc2C(=O)OCC)nnc1C(C)Oc1ccc(Cl)c(C)c1. The molecule has 0 saturated heterocycles. The van der Waals surface area contributed by atoms with E-state index in [0.29, 0.717) is 38.9 Å². The van der Waals surface area contributed by atoms with Gasteiger partial charge in [-0.05, 0) is 57.0 Å². The van der Waals surface area contributed by atoms with Gasteiger partial charge in [0.05, 0.1) is 17.9 Å². The van der Waals surface area contributed by atoms with Gasteiger partial charge in [0.2, 0.25) is 5.91 Å². The highest BCUT2D eigenvalue weighted by Crippen LogP contribution is 2.30. The Morgan fingerprint density at radius 3 is 2.75 bits per heavy atom. The summed E-state index contributed by atoms with van der Waals surface area (Å²) in [7, 11) is 0. The van der Waals surface area contributed by atoms with Gasteiger partial charge in [-0.2, -0.15) is 0 Å². The number of anilines is 1. The second kappa shape index (κ2) is 12.9. The number of amides is 1. The molecular formula is C25H29ClN4O4S2. The van der Waals surface area contributed by atoms with Gasteiger partial charge in [0.1, 0.15) is 10.8 Å². The monoisotopic (exact) mass is 548 g/mol. The van der Waals surface area contributed by atoms with Crippen molar-refractivity contribution in [3.05, 3.63) is 63.8 Å². The number of esters is 1. The molecule has 1 unspecified atom stereocenters. The number of ether oxygens (including phenoxy) is 2. The summed E-state index contributed by atoms with van der Waals surface area (Å²) in [5.41, 5.74) is 1.29. The van der Waals surface area contributed by atoms with Crippen LogP contribution in [0.3, 0.4) is 0 Å². The van der Waals surface area contributed by atoms with E-state index in [2.05, 4.69) is 22.1 Å². The number of aromatic nitrogens is 3. The van der Waals surface area contributed by atoms with E-state index >= 15 is 0 Å². The Balaban J connectivity index is 1.70. The van der Waals surface area contributed by atoms with E-state index in [-0.39, 0.29) is 18.3 Å². The fourth-order valence-electron chi connectivity index (χ4n) is 3.32. The molecule has 0 fully saturated rings. The van der Waals surface area contributed by atoms with Gasteiger partial charge in [-0.1, -0.05) is 36.4 Å². The maximum absolute atomic E-state index is 12.7. The van der Waals surface area contributed by atoms with Crippen LogP contribution in [0.2, 0.25) is 5.02 Å². The normalized spacial score (nSPS) is 11.7. The van der Waals surface area contributed by atoms with Crippen LogP contribution in [0.25, 0.3) is 0 Å². The summed E-state index contributed by atoms with van der Waals surface area (Å²) in [6.45, 7) is 12.1. The standard InChI is InChI=1S/C25H29ClN4O4S2/c1-6-11-30-22(16(5)34-17-9-10-20(26)15(4)12-17)28-29-25(30)35-14-21(31)27-23-19(24(32)33-8-3)13-18(7-2)36-23/h6,9-10,12-13,16H,1,7-8,11,14H2,2-5H3,(H,27,31). The molecule has 192 valence electrons. The highest BCUT2D eigenvalue weighted by molar-refractivity contribution is 7.99. The molecule has 0 saturated carbocycles. The molecule has 0 aliphatic rings. The van der Waals surface area contributed by atoms with Crippen LogP contribution < -0.4 is 10.1 Å². The van der Waals surface area contributed by atoms with Crippen LogP contribution in [-0.2, 0) is 22.5 Å². The number of thiophene rings is 1. The number of carbonyl (C=O) groups is 2. The van der Waals surface area contributed by atoms with Gasteiger partial charge in [-0.15, -0.1) is 28.1 Å². The quantitative estimate of drug-likeness (QED) is 0.166. The molecule has 36 heavy (non-hydrogen) atoms. The van der Waals surface area contributed by atoms with Crippen LogP contribution in [0.4, 0.5) is 5.00 Å². The molecule has 1 aromatic carbocycles. The molecule has 2 aromatic heterocycles. The van der Waals surface area contributed by atoms with E-state index in [4.69, 9.17) is 21.1 Å². The lowest BCUT2D eigenvalue weighted by Gasteiger charge is -2.16. The van der Waals surface area contributed by atoms with E-state index in [1.165, 1.54) is 23.1 Å². The van der Waals surface area contributed by atoms with Crippen LogP contribution >= 0.6 is 34.7 Å². The second-order valence-corrected chi connectivity index (χ2v) is 10.3. The van der Waals surface area contributed by atoms with Crippen molar-refractivity contribution in [3.63, 3.8) is 0 Å². The summed E-state index contributed by atoms with van der Waals surface area (Å²) < 4.78 is 13.0. The van der Waals surface area contributed by atoms with Crippen molar-refractivity contribution in [2.45, 2.75) is 51.9 Å². The molecule has 0 bridgehead atoms. The number of benzene rings is 1. The van der Waals surface area contributed by atoms with Gasteiger partial charge in [-0.25, -0.2) is 4.79 Å². The van der Waals surface area contributed by atoms with E-state index in [9.17, 15) is 9.59 Å². The van der Waals surface area contributed by atoms with Gasteiger partial charge in [-0.3, -0.25) is 9.36 Å². The number of aryl methyl sites for hydroxylation is 2. The Morgan fingerprint density at radius 2 is 2.08 bits per heavy atom. The van der Waals surface area contributed by atoms with Gasteiger partial charge in [0, 0.05) is 16.4 Å². The van der Waals surface area contributed by atoms with Crippen LogP contribution in [-0.4, -0.2) is 39.0 Å².